The first-order valence-electron chi connectivity index (χ1n) is 8.41. The van der Waals surface area contributed by atoms with E-state index in [9.17, 15) is 13.0 Å². The molecule has 22 heavy (non-hydrogen) atoms. The molecular weight excluding hydrogens is 302 g/mol. The lowest BCUT2D eigenvalue weighted by molar-refractivity contribution is -0.479. The Morgan fingerprint density at radius 2 is 1.41 bits per heavy atom. The maximum Gasteiger partial charge on any atom is 0.217 e. The Hall–Kier alpha value is -0.170. The van der Waals surface area contributed by atoms with Crippen LogP contribution in [0.5, 0.6) is 0 Å². The normalized spacial score (nSPS) is 13.4. The Morgan fingerprint density at radius 3 is 1.73 bits per heavy atom. The molecule has 1 unspecified atom stereocenters. The van der Waals surface area contributed by atoms with Crippen molar-refractivity contribution in [2.24, 2.45) is 5.92 Å². The maximum atomic E-state index is 9.22. The standard InChI is InChI=1S/C15H33N.CH4O4S/c1-5-6-7-8-9-10-11-12-13-14(2)15(3,4)16;1-5-6(2,3)4/h14H,5-13,16H2,1-4H3;1H3,(H,2,3,4). The summed E-state index contributed by atoms with van der Waals surface area (Å²) in [6.45, 7) is 9.13. The summed E-state index contributed by atoms with van der Waals surface area (Å²) in [5.74, 6) is 0.757. The van der Waals surface area contributed by atoms with Crippen LogP contribution in [0.2, 0.25) is 0 Å². The highest BCUT2D eigenvalue weighted by Gasteiger charge is 2.23. The van der Waals surface area contributed by atoms with E-state index in [2.05, 4.69) is 37.6 Å². The largest absolute Gasteiger partial charge is 0.726 e. The van der Waals surface area contributed by atoms with Crippen LogP contribution in [0.15, 0.2) is 0 Å². The van der Waals surface area contributed by atoms with Gasteiger partial charge < -0.3 is 10.3 Å². The van der Waals surface area contributed by atoms with Gasteiger partial charge in [0.15, 0.2) is 0 Å². The molecule has 0 rings (SSSR count). The fraction of sp³-hybridized carbons (Fsp3) is 1.00. The third kappa shape index (κ3) is 19.8. The van der Waals surface area contributed by atoms with E-state index in [1.807, 2.05) is 0 Å². The van der Waals surface area contributed by atoms with Gasteiger partial charge in [0.05, 0.1) is 12.6 Å². The highest BCUT2D eigenvalue weighted by atomic mass is 32.3. The molecule has 0 aliphatic rings. The first-order valence-corrected chi connectivity index (χ1v) is 9.74. The Labute approximate surface area is 138 Å². The SMILES string of the molecule is CCCCCCCCCCC(C)C(C)(C)[NH3+].COS(=O)(=O)[O-]. The van der Waals surface area contributed by atoms with E-state index in [0.29, 0.717) is 0 Å². The molecule has 0 aromatic heterocycles. The van der Waals surface area contributed by atoms with Crippen molar-refractivity contribution in [1.29, 1.82) is 0 Å². The van der Waals surface area contributed by atoms with Gasteiger partial charge >= 0.3 is 0 Å². The summed E-state index contributed by atoms with van der Waals surface area (Å²) in [5.41, 5.74) is 4.47. The molecule has 136 valence electrons. The lowest BCUT2D eigenvalue weighted by Gasteiger charge is -2.23. The topological polar surface area (TPSA) is 94.1 Å². The molecule has 0 aromatic rings. The van der Waals surface area contributed by atoms with Crippen molar-refractivity contribution >= 4 is 10.4 Å². The van der Waals surface area contributed by atoms with Gasteiger partial charge in [0, 0.05) is 5.92 Å². The highest BCUT2D eigenvalue weighted by Crippen LogP contribution is 2.19. The van der Waals surface area contributed by atoms with Gasteiger partial charge in [-0.05, 0) is 20.3 Å². The zero-order valence-electron chi connectivity index (χ0n) is 15.2. The minimum absolute atomic E-state index is 0.251. The first-order chi connectivity index (χ1) is 10.0. The van der Waals surface area contributed by atoms with Crippen LogP contribution in [0.3, 0.4) is 0 Å². The second kappa shape index (κ2) is 13.3. The Bertz CT molecular complexity index is 337. The molecule has 0 spiro atoms. The maximum absolute atomic E-state index is 9.22. The van der Waals surface area contributed by atoms with Crippen molar-refractivity contribution in [3.63, 3.8) is 0 Å². The van der Waals surface area contributed by atoms with Gasteiger partial charge in [0.25, 0.3) is 0 Å². The number of hydrogen-bond donors (Lipinski definition) is 1. The summed E-state index contributed by atoms with van der Waals surface area (Å²) in [6.07, 6.45) is 12.7. The monoisotopic (exact) mass is 339 g/mol. The van der Waals surface area contributed by atoms with Crippen LogP contribution >= 0.6 is 0 Å². The van der Waals surface area contributed by atoms with E-state index in [1.54, 1.807) is 0 Å². The average molecular weight is 340 g/mol. The van der Waals surface area contributed by atoms with Crippen LogP contribution in [0.25, 0.3) is 0 Å². The van der Waals surface area contributed by atoms with Gasteiger partial charge in [-0.3, -0.25) is 4.18 Å². The van der Waals surface area contributed by atoms with Crippen LogP contribution in [-0.2, 0) is 14.6 Å². The van der Waals surface area contributed by atoms with Crippen molar-refractivity contribution in [1.82, 2.24) is 0 Å². The fourth-order valence-corrected chi connectivity index (χ4v) is 1.98. The minimum atomic E-state index is -4.41. The van der Waals surface area contributed by atoms with Gasteiger partial charge in [-0.15, -0.1) is 0 Å². The van der Waals surface area contributed by atoms with Crippen molar-refractivity contribution in [2.75, 3.05) is 7.11 Å². The molecule has 0 aliphatic carbocycles. The molecule has 0 amide bonds. The van der Waals surface area contributed by atoms with Crippen LogP contribution in [0, 0.1) is 5.92 Å². The zero-order chi connectivity index (χ0) is 17.6. The molecule has 0 saturated carbocycles. The molecule has 3 N–H and O–H groups in total. The van der Waals surface area contributed by atoms with E-state index in [4.69, 9.17) is 0 Å². The molecule has 0 radical (unpaired) electrons. The third-order valence-corrected chi connectivity index (χ3v) is 4.44. The summed E-state index contributed by atoms with van der Waals surface area (Å²) < 4.78 is 31.0. The van der Waals surface area contributed by atoms with Gasteiger partial charge in [0.2, 0.25) is 10.4 Å². The number of unbranched alkanes of at least 4 members (excludes halogenated alkanes) is 7. The van der Waals surface area contributed by atoms with Crippen LogP contribution in [0.1, 0.15) is 85.5 Å². The predicted molar refractivity (Wildman–Crippen MR) is 90.1 cm³/mol. The van der Waals surface area contributed by atoms with Gasteiger partial charge in [-0.1, -0.05) is 65.2 Å². The summed E-state index contributed by atoms with van der Waals surface area (Å²) in [6, 6.07) is 0. The highest BCUT2D eigenvalue weighted by molar-refractivity contribution is 7.80. The van der Waals surface area contributed by atoms with Gasteiger partial charge in [0.1, 0.15) is 0 Å². The quantitative estimate of drug-likeness (QED) is 0.355. The molecule has 5 nitrogen and oxygen atoms in total. The Balaban J connectivity index is 0. The first kappa shape index (κ1) is 24.1. The second-order valence-electron chi connectivity index (χ2n) is 6.73. The zero-order valence-corrected chi connectivity index (χ0v) is 16.0. The number of hydrogen-bond acceptors (Lipinski definition) is 4. The second-order valence-corrected chi connectivity index (χ2v) is 7.88. The minimum Gasteiger partial charge on any atom is -0.726 e. The van der Waals surface area contributed by atoms with E-state index in [-0.39, 0.29) is 5.54 Å². The van der Waals surface area contributed by atoms with Crippen molar-refractivity contribution in [3.05, 3.63) is 0 Å². The molecule has 0 saturated heterocycles. The molecule has 0 aromatic carbocycles. The number of rotatable bonds is 11. The van der Waals surface area contributed by atoms with Crippen molar-refractivity contribution < 1.29 is 22.9 Å². The molecule has 6 heteroatoms. The summed E-state index contributed by atoms with van der Waals surface area (Å²) >= 11 is 0. The third-order valence-electron chi connectivity index (χ3n) is 4.03. The molecule has 1 atom stereocenters. The average Bonchev–Trinajstić information content (AvgIpc) is 2.40. The van der Waals surface area contributed by atoms with E-state index in [0.717, 1.165) is 13.0 Å². The van der Waals surface area contributed by atoms with Crippen molar-refractivity contribution in [3.8, 4) is 0 Å². The van der Waals surface area contributed by atoms with Crippen LogP contribution in [-0.4, -0.2) is 25.6 Å². The van der Waals surface area contributed by atoms with Gasteiger partial charge in [-0.25, -0.2) is 8.42 Å². The summed E-state index contributed by atoms with van der Waals surface area (Å²) in [4.78, 5) is 0. The molecule has 0 heterocycles. The summed E-state index contributed by atoms with van der Waals surface area (Å²) in [7, 11) is -3.60. The van der Waals surface area contributed by atoms with Crippen LogP contribution in [0.4, 0.5) is 0 Å². The van der Waals surface area contributed by atoms with Crippen LogP contribution < -0.4 is 5.73 Å². The lowest BCUT2D eigenvalue weighted by Crippen LogP contribution is -2.72. The Kier molecular flexibility index (Phi) is 14.5. The molecule has 0 bridgehead atoms. The Morgan fingerprint density at radius 1 is 1.05 bits per heavy atom. The fourth-order valence-electron chi connectivity index (χ4n) is 1.98. The lowest BCUT2D eigenvalue weighted by atomic mass is 9.86. The van der Waals surface area contributed by atoms with E-state index < -0.39 is 10.4 Å². The van der Waals surface area contributed by atoms with Crippen molar-refractivity contribution in [2.45, 2.75) is 91.0 Å². The number of quaternary nitrogens is 1. The molecular formula is C16H37NO4S. The van der Waals surface area contributed by atoms with E-state index >= 15 is 0 Å². The van der Waals surface area contributed by atoms with E-state index in [1.165, 1.54) is 57.8 Å². The summed E-state index contributed by atoms with van der Waals surface area (Å²) in [5, 5.41) is 0. The molecule has 0 aliphatic heterocycles. The van der Waals surface area contributed by atoms with Gasteiger partial charge in [-0.2, -0.15) is 0 Å². The molecule has 0 fully saturated rings. The predicted octanol–water partition coefficient (Wildman–Crippen LogP) is 3.27. The smallest absolute Gasteiger partial charge is 0.217 e.